The summed E-state index contributed by atoms with van der Waals surface area (Å²) in [6.07, 6.45) is 4.97. The fraction of sp³-hybridized carbons (Fsp3) is 0.231. The maximum Gasteiger partial charge on any atom is -0.0224 e. The third kappa shape index (κ3) is 2.59. The lowest BCUT2D eigenvalue weighted by atomic mass is 10.0. The van der Waals surface area contributed by atoms with E-state index < -0.39 is 0 Å². The Labute approximate surface area is 80.6 Å². The highest BCUT2D eigenvalue weighted by Gasteiger charge is 1.96. The van der Waals surface area contributed by atoms with E-state index in [1.165, 1.54) is 16.7 Å². The molecule has 13 heavy (non-hydrogen) atoms. The van der Waals surface area contributed by atoms with Crippen LogP contribution in [-0.2, 0) is 0 Å². The van der Waals surface area contributed by atoms with Gasteiger partial charge in [-0.15, -0.1) is 0 Å². The zero-order valence-electron chi connectivity index (χ0n) is 8.38. The van der Waals surface area contributed by atoms with Gasteiger partial charge in [-0.25, -0.2) is 0 Å². The molecule has 0 nitrogen and oxygen atoms in total. The molecule has 0 heteroatoms. The summed E-state index contributed by atoms with van der Waals surface area (Å²) >= 11 is 0. The lowest BCUT2D eigenvalue weighted by Crippen LogP contribution is -1.82. The van der Waals surface area contributed by atoms with Crippen LogP contribution >= 0.6 is 0 Å². The van der Waals surface area contributed by atoms with Gasteiger partial charge in [-0.3, -0.25) is 0 Å². The first-order chi connectivity index (χ1) is 6.27. The number of hydrogen-bond acceptors (Lipinski definition) is 0. The van der Waals surface area contributed by atoms with Crippen LogP contribution in [0, 0.1) is 6.92 Å². The Morgan fingerprint density at radius 2 is 1.92 bits per heavy atom. The lowest BCUT2D eigenvalue weighted by Gasteiger charge is -2.03. The van der Waals surface area contributed by atoms with Crippen LogP contribution in [0.5, 0.6) is 0 Å². The van der Waals surface area contributed by atoms with E-state index in [2.05, 4.69) is 50.8 Å². The number of aryl methyl sites for hydroxylation is 1. The summed E-state index contributed by atoms with van der Waals surface area (Å²) < 4.78 is 0. The molecule has 0 aliphatic carbocycles. The van der Waals surface area contributed by atoms with Crippen LogP contribution in [0.3, 0.4) is 0 Å². The van der Waals surface area contributed by atoms with E-state index in [1.807, 2.05) is 6.08 Å². The van der Waals surface area contributed by atoms with E-state index in [9.17, 15) is 0 Å². The van der Waals surface area contributed by atoms with Crippen molar-refractivity contribution in [3.05, 3.63) is 54.1 Å². The molecule has 0 saturated heterocycles. The minimum atomic E-state index is 1.05. The molecule has 0 aliphatic rings. The Balaban J connectivity index is 2.99. The van der Waals surface area contributed by atoms with Crippen molar-refractivity contribution in [1.82, 2.24) is 0 Å². The Hall–Kier alpha value is -1.30. The van der Waals surface area contributed by atoms with Crippen LogP contribution in [0.1, 0.15) is 24.5 Å². The first-order valence-corrected chi connectivity index (χ1v) is 4.66. The molecule has 0 amide bonds. The van der Waals surface area contributed by atoms with Crippen molar-refractivity contribution < 1.29 is 0 Å². The molecule has 0 fully saturated rings. The molecule has 0 atom stereocenters. The van der Waals surface area contributed by atoms with Crippen molar-refractivity contribution >= 4 is 5.57 Å². The van der Waals surface area contributed by atoms with E-state index in [-0.39, 0.29) is 0 Å². The largest absolute Gasteiger partial charge is 0.0991 e. The van der Waals surface area contributed by atoms with Gasteiger partial charge in [-0.1, -0.05) is 55.5 Å². The summed E-state index contributed by atoms with van der Waals surface area (Å²) in [5.41, 5.74) is 3.95. The predicted molar refractivity (Wildman–Crippen MR) is 59.6 cm³/mol. The second-order valence-corrected chi connectivity index (χ2v) is 3.15. The summed E-state index contributed by atoms with van der Waals surface area (Å²) in [7, 11) is 0. The topological polar surface area (TPSA) is 0 Å². The third-order valence-electron chi connectivity index (χ3n) is 2.12. The highest BCUT2D eigenvalue weighted by atomic mass is 14.0. The average Bonchev–Trinajstić information content (AvgIpc) is 2.16. The maximum atomic E-state index is 3.72. The summed E-state index contributed by atoms with van der Waals surface area (Å²) in [6.45, 7) is 7.98. The van der Waals surface area contributed by atoms with Crippen LogP contribution in [0.4, 0.5) is 0 Å². The number of rotatable bonds is 3. The van der Waals surface area contributed by atoms with Crippen LogP contribution in [-0.4, -0.2) is 0 Å². The molecule has 0 saturated carbocycles. The standard InChI is InChI=1S/C13H16/c1-4-6-12(5-2)13-9-7-11(3)8-10-13/h4,6-10H,1,5H2,2-3H3. The van der Waals surface area contributed by atoms with Crippen molar-refractivity contribution in [3.8, 4) is 0 Å². The van der Waals surface area contributed by atoms with Crippen molar-refractivity contribution in [1.29, 1.82) is 0 Å². The van der Waals surface area contributed by atoms with Gasteiger partial charge in [0.1, 0.15) is 0 Å². The minimum Gasteiger partial charge on any atom is -0.0991 e. The first-order valence-electron chi connectivity index (χ1n) is 4.66. The van der Waals surface area contributed by atoms with Crippen LogP contribution < -0.4 is 0 Å². The number of benzene rings is 1. The first kappa shape index (κ1) is 9.79. The summed E-state index contributed by atoms with van der Waals surface area (Å²) in [5.74, 6) is 0. The third-order valence-corrected chi connectivity index (χ3v) is 2.12. The van der Waals surface area contributed by atoms with Crippen LogP contribution in [0.2, 0.25) is 0 Å². The lowest BCUT2D eigenvalue weighted by molar-refractivity contribution is 1.24. The highest BCUT2D eigenvalue weighted by molar-refractivity contribution is 5.66. The fourth-order valence-corrected chi connectivity index (χ4v) is 1.33. The Morgan fingerprint density at radius 3 is 2.38 bits per heavy atom. The van der Waals surface area contributed by atoms with Gasteiger partial charge >= 0.3 is 0 Å². The molecular weight excluding hydrogens is 156 g/mol. The Morgan fingerprint density at radius 1 is 1.31 bits per heavy atom. The number of allylic oxidation sites excluding steroid dienone is 3. The van der Waals surface area contributed by atoms with Gasteiger partial charge in [-0.05, 0) is 24.5 Å². The molecule has 0 heterocycles. The van der Waals surface area contributed by atoms with Gasteiger partial charge in [0, 0.05) is 0 Å². The van der Waals surface area contributed by atoms with Gasteiger partial charge < -0.3 is 0 Å². The molecule has 0 radical (unpaired) electrons. The van der Waals surface area contributed by atoms with Gasteiger partial charge in [0.25, 0.3) is 0 Å². The monoisotopic (exact) mass is 172 g/mol. The predicted octanol–water partition coefficient (Wildman–Crippen LogP) is 3.97. The van der Waals surface area contributed by atoms with Crippen molar-refractivity contribution in [2.75, 3.05) is 0 Å². The quantitative estimate of drug-likeness (QED) is 0.605. The van der Waals surface area contributed by atoms with E-state index in [1.54, 1.807) is 0 Å². The maximum absolute atomic E-state index is 3.72. The molecule has 1 rings (SSSR count). The molecule has 0 N–H and O–H groups in total. The minimum absolute atomic E-state index is 1.05. The molecule has 0 spiro atoms. The summed E-state index contributed by atoms with van der Waals surface area (Å²) in [6, 6.07) is 8.60. The normalized spacial score (nSPS) is 11.4. The number of hydrogen-bond donors (Lipinski definition) is 0. The molecule has 0 aromatic heterocycles. The molecular formula is C13H16. The van der Waals surface area contributed by atoms with Crippen LogP contribution in [0.25, 0.3) is 5.57 Å². The molecule has 0 bridgehead atoms. The SMILES string of the molecule is C=CC=C(CC)c1ccc(C)cc1. The van der Waals surface area contributed by atoms with E-state index in [0.717, 1.165) is 6.42 Å². The smallest absolute Gasteiger partial charge is 0.0224 e. The molecule has 0 aliphatic heterocycles. The van der Waals surface area contributed by atoms with Gasteiger partial charge in [0.05, 0.1) is 0 Å². The van der Waals surface area contributed by atoms with Crippen molar-refractivity contribution in [2.45, 2.75) is 20.3 Å². The van der Waals surface area contributed by atoms with Crippen molar-refractivity contribution in [3.63, 3.8) is 0 Å². The Kier molecular flexibility index (Phi) is 3.51. The molecule has 68 valence electrons. The summed E-state index contributed by atoms with van der Waals surface area (Å²) in [5, 5.41) is 0. The second-order valence-electron chi connectivity index (χ2n) is 3.15. The van der Waals surface area contributed by atoms with E-state index in [0.29, 0.717) is 0 Å². The van der Waals surface area contributed by atoms with E-state index >= 15 is 0 Å². The van der Waals surface area contributed by atoms with E-state index in [4.69, 9.17) is 0 Å². The molecule has 0 unspecified atom stereocenters. The summed E-state index contributed by atoms with van der Waals surface area (Å²) in [4.78, 5) is 0. The highest BCUT2D eigenvalue weighted by Crippen LogP contribution is 2.18. The second kappa shape index (κ2) is 4.66. The Bertz CT molecular complexity index is 301. The van der Waals surface area contributed by atoms with Crippen molar-refractivity contribution in [2.24, 2.45) is 0 Å². The zero-order chi connectivity index (χ0) is 9.68. The van der Waals surface area contributed by atoms with Gasteiger partial charge in [0.15, 0.2) is 0 Å². The van der Waals surface area contributed by atoms with Crippen LogP contribution in [0.15, 0.2) is 43.0 Å². The molecule has 1 aromatic carbocycles. The zero-order valence-corrected chi connectivity index (χ0v) is 8.38. The fourth-order valence-electron chi connectivity index (χ4n) is 1.33. The van der Waals surface area contributed by atoms with Gasteiger partial charge in [-0.2, -0.15) is 0 Å². The average molecular weight is 172 g/mol. The van der Waals surface area contributed by atoms with Gasteiger partial charge in [0.2, 0.25) is 0 Å². The molecule has 1 aromatic rings.